The fourth-order valence-corrected chi connectivity index (χ4v) is 3.93. The zero-order chi connectivity index (χ0) is 20.4. The molecule has 0 bridgehead atoms. The third kappa shape index (κ3) is 4.66. The molecule has 0 aliphatic carbocycles. The van der Waals surface area contributed by atoms with Gasteiger partial charge >= 0.3 is 0 Å². The molecule has 0 aliphatic rings. The van der Waals surface area contributed by atoms with Crippen molar-refractivity contribution in [3.8, 4) is 17.0 Å². The van der Waals surface area contributed by atoms with Crippen LogP contribution in [0.5, 0.6) is 5.75 Å². The highest BCUT2D eigenvalue weighted by Crippen LogP contribution is 2.32. The molecule has 1 atom stereocenters. The van der Waals surface area contributed by atoms with Crippen molar-refractivity contribution in [2.45, 2.75) is 33.8 Å². The SMILES string of the molecule is Cc1cc(OC(C)C(=O)Nc2nc(-c3cccc(Cl)c3)c(C)s2)cc(C)c1Cl. The van der Waals surface area contributed by atoms with Crippen LogP contribution in [0.25, 0.3) is 11.3 Å². The molecule has 3 rings (SSSR count). The van der Waals surface area contributed by atoms with Crippen molar-refractivity contribution in [3.05, 3.63) is 62.4 Å². The second kappa shape index (κ2) is 8.52. The first-order valence-electron chi connectivity index (χ1n) is 8.72. The van der Waals surface area contributed by atoms with Gasteiger partial charge in [0, 0.05) is 20.5 Å². The van der Waals surface area contributed by atoms with Crippen LogP contribution < -0.4 is 10.1 Å². The van der Waals surface area contributed by atoms with Gasteiger partial charge in [-0.1, -0.05) is 35.3 Å². The van der Waals surface area contributed by atoms with Crippen LogP contribution in [-0.2, 0) is 4.79 Å². The van der Waals surface area contributed by atoms with Crippen LogP contribution in [0.4, 0.5) is 5.13 Å². The third-order valence-electron chi connectivity index (χ3n) is 4.22. The van der Waals surface area contributed by atoms with Gasteiger partial charge in [0.1, 0.15) is 5.75 Å². The zero-order valence-electron chi connectivity index (χ0n) is 16.0. The number of nitrogens with one attached hydrogen (secondary N) is 1. The van der Waals surface area contributed by atoms with Crippen molar-refractivity contribution in [2.24, 2.45) is 0 Å². The number of halogens is 2. The molecule has 0 saturated heterocycles. The molecule has 1 N–H and O–H groups in total. The van der Waals surface area contributed by atoms with Crippen LogP contribution in [0.15, 0.2) is 36.4 Å². The fraction of sp³-hybridized carbons (Fsp3) is 0.238. The Balaban J connectivity index is 1.72. The van der Waals surface area contributed by atoms with Gasteiger partial charge in [-0.05, 0) is 63.1 Å². The maximum Gasteiger partial charge on any atom is 0.266 e. The quantitative estimate of drug-likeness (QED) is 0.501. The predicted octanol–water partition coefficient (Wildman–Crippen LogP) is 6.45. The third-order valence-corrected chi connectivity index (χ3v) is 5.93. The molecule has 0 spiro atoms. The molecule has 1 amide bonds. The van der Waals surface area contributed by atoms with Crippen molar-refractivity contribution in [2.75, 3.05) is 5.32 Å². The van der Waals surface area contributed by atoms with E-state index < -0.39 is 6.10 Å². The summed E-state index contributed by atoms with van der Waals surface area (Å²) >= 11 is 13.7. The number of anilines is 1. The molecule has 1 aromatic heterocycles. The molecule has 1 heterocycles. The van der Waals surface area contributed by atoms with E-state index in [0.29, 0.717) is 20.9 Å². The molecule has 3 aromatic rings. The summed E-state index contributed by atoms with van der Waals surface area (Å²) in [6.07, 6.45) is -0.682. The number of nitrogens with zero attached hydrogens (tertiary/aromatic N) is 1. The van der Waals surface area contributed by atoms with Crippen LogP contribution >= 0.6 is 34.5 Å². The van der Waals surface area contributed by atoms with Gasteiger partial charge < -0.3 is 4.74 Å². The van der Waals surface area contributed by atoms with E-state index in [1.54, 1.807) is 6.92 Å². The average Bonchev–Trinajstić information content (AvgIpc) is 2.99. The summed E-state index contributed by atoms with van der Waals surface area (Å²) in [5.74, 6) is 0.341. The summed E-state index contributed by atoms with van der Waals surface area (Å²) in [4.78, 5) is 18.1. The Morgan fingerprint density at radius 2 is 1.82 bits per heavy atom. The highest BCUT2D eigenvalue weighted by Gasteiger charge is 2.19. The van der Waals surface area contributed by atoms with Crippen LogP contribution in [-0.4, -0.2) is 17.0 Å². The molecule has 28 heavy (non-hydrogen) atoms. The van der Waals surface area contributed by atoms with E-state index >= 15 is 0 Å². The molecule has 1 unspecified atom stereocenters. The number of ether oxygens (including phenoxy) is 1. The van der Waals surface area contributed by atoms with Crippen LogP contribution in [0, 0.1) is 20.8 Å². The highest BCUT2D eigenvalue weighted by molar-refractivity contribution is 7.16. The first-order valence-corrected chi connectivity index (χ1v) is 10.3. The smallest absolute Gasteiger partial charge is 0.266 e. The summed E-state index contributed by atoms with van der Waals surface area (Å²) < 4.78 is 5.79. The Morgan fingerprint density at radius 1 is 1.14 bits per heavy atom. The second-order valence-corrected chi connectivity index (χ2v) is 8.57. The molecular weight excluding hydrogens is 415 g/mol. The van der Waals surface area contributed by atoms with E-state index in [-0.39, 0.29) is 5.91 Å². The molecule has 2 aromatic carbocycles. The number of carbonyl (C=O) groups excluding carboxylic acids is 1. The highest BCUT2D eigenvalue weighted by atomic mass is 35.5. The largest absolute Gasteiger partial charge is 0.481 e. The number of benzene rings is 2. The van der Waals surface area contributed by atoms with E-state index in [4.69, 9.17) is 27.9 Å². The number of thiazole rings is 1. The number of carbonyl (C=O) groups is 1. The summed E-state index contributed by atoms with van der Waals surface area (Å²) in [5, 5.41) is 4.71. The molecule has 4 nitrogen and oxygen atoms in total. The summed E-state index contributed by atoms with van der Waals surface area (Å²) in [6, 6.07) is 11.1. The van der Waals surface area contributed by atoms with Gasteiger partial charge in [0.15, 0.2) is 11.2 Å². The van der Waals surface area contributed by atoms with Gasteiger partial charge in [0.05, 0.1) is 5.69 Å². The molecule has 146 valence electrons. The van der Waals surface area contributed by atoms with Crippen molar-refractivity contribution in [1.29, 1.82) is 0 Å². The molecule has 0 fully saturated rings. The Kier molecular flexibility index (Phi) is 6.28. The van der Waals surface area contributed by atoms with Gasteiger partial charge in [0.2, 0.25) is 0 Å². The van der Waals surface area contributed by atoms with Crippen molar-refractivity contribution < 1.29 is 9.53 Å². The standard InChI is InChI=1S/C21H20Cl2N2O2S/c1-11-8-17(9-12(2)18(11)23)27-13(3)20(26)25-21-24-19(14(4)28-21)15-6-5-7-16(22)10-15/h5-10,13H,1-4H3,(H,24,25,26). The van der Waals surface area contributed by atoms with E-state index in [1.165, 1.54) is 11.3 Å². The first-order chi connectivity index (χ1) is 13.2. The number of rotatable bonds is 5. The average molecular weight is 435 g/mol. The van der Waals surface area contributed by atoms with Crippen LogP contribution in [0.2, 0.25) is 10.0 Å². The van der Waals surface area contributed by atoms with Crippen LogP contribution in [0.1, 0.15) is 22.9 Å². The number of aromatic nitrogens is 1. The zero-order valence-corrected chi connectivity index (χ0v) is 18.3. The lowest BCUT2D eigenvalue weighted by Crippen LogP contribution is -2.30. The molecule has 0 saturated carbocycles. The monoisotopic (exact) mass is 434 g/mol. The van der Waals surface area contributed by atoms with Crippen molar-refractivity contribution in [1.82, 2.24) is 4.98 Å². The second-order valence-electron chi connectivity index (χ2n) is 6.55. The van der Waals surface area contributed by atoms with Gasteiger partial charge in [-0.3, -0.25) is 10.1 Å². The number of hydrogen-bond donors (Lipinski definition) is 1. The maximum atomic E-state index is 12.5. The predicted molar refractivity (Wildman–Crippen MR) is 117 cm³/mol. The normalized spacial score (nSPS) is 11.9. The molecular formula is C21H20Cl2N2O2S. The molecule has 0 aliphatic heterocycles. The van der Waals surface area contributed by atoms with Gasteiger partial charge in [-0.25, -0.2) is 4.98 Å². The molecule has 0 radical (unpaired) electrons. The lowest BCUT2D eigenvalue weighted by molar-refractivity contribution is -0.122. The fourth-order valence-electron chi connectivity index (χ4n) is 2.79. The minimum Gasteiger partial charge on any atom is -0.481 e. The van der Waals surface area contributed by atoms with Gasteiger partial charge in [-0.2, -0.15) is 0 Å². The van der Waals surface area contributed by atoms with Crippen molar-refractivity contribution in [3.63, 3.8) is 0 Å². The Labute approximate surface area is 178 Å². The Hall–Kier alpha value is -2.08. The number of amides is 1. The van der Waals surface area contributed by atoms with Crippen molar-refractivity contribution >= 4 is 45.6 Å². The molecule has 7 heteroatoms. The Bertz CT molecular complexity index is 1010. The minimum atomic E-state index is -0.682. The van der Waals surface area contributed by atoms with Gasteiger partial charge in [0.25, 0.3) is 5.91 Å². The summed E-state index contributed by atoms with van der Waals surface area (Å²) in [7, 11) is 0. The lowest BCUT2D eigenvalue weighted by atomic mass is 10.1. The summed E-state index contributed by atoms with van der Waals surface area (Å²) in [6.45, 7) is 7.47. The first kappa shape index (κ1) is 20.6. The topological polar surface area (TPSA) is 51.2 Å². The number of aryl methyl sites for hydroxylation is 3. The van der Waals surface area contributed by atoms with Gasteiger partial charge in [-0.15, -0.1) is 11.3 Å². The summed E-state index contributed by atoms with van der Waals surface area (Å²) in [5.41, 5.74) is 3.54. The Morgan fingerprint density at radius 3 is 2.46 bits per heavy atom. The minimum absolute atomic E-state index is 0.267. The van der Waals surface area contributed by atoms with Crippen LogP contribution in [0.3, 0.4) is 0 Å². The lowest BCUT2D eigenvalue weighted by Gasteiger charge is -2.15. The van der Waals surface area contributed by atoms with E-state index in [0.717, 1.165) is 27.3 Å². The van der Waals surface area contributed by atoms with E-state index in [2.05, 4.69) is 10.3 Å². The number of hydrogen-bond acceptors (Lipinski definition) is 4. The van der Waals surface area contributed by atoms with E-state index in [9.17, 15) is 4.79 Å². The van der Waals surface area contributed by atoms with E-state index in [1.807, 2.05) is 57.2 Å². The maximum absolute atomic E-state index is 12.5.